The van der Waals surface area contributed by atoms with Gasteiger partial charge in [0, 0.05) is 103 Å². The van der Waals surface area contributed by atoms with Crippen LogP contribution in [0.4, 0.5) is 5.69 Å². The Morgan fingerprint density at radius 1 is 0.481 bits per heavy atom. The molecule has 1 heterocycles. The Morgan fingerprint density at radius 3 is 1.34 bits per heavy atom. The summed E-state index contributed by atoms with van der Waals surface area (Å²) in [5.41, 5.74) is 7.67. The summed E-state index contributed by atoms with van der Waals surface area (Å²) < 4.78 is 6.28. The van der Waals surface area contributed by atoms with Crippen LogP contribution in [0, 0.1) is 13.8 Å². The van der Waals surface area contributed by atoms with E-state index in [-0.39, 0.29) is 34.9 Å². The molecule has 0 aliphatic carbocycles. The van der Waals surface area contributed by atoms with Crippen molar-refractivity contribution < 1.29 is 43.2 Å². The Bertz CT molecular complexity index is 3630. The van der Waals surface area contributed by atoms with Gasteiger partial charge in [-0.05, 0) is 152 Å². The lowest BCUT2D eigenvalue weighted by Crippen LogP contribution is -2.43. The van der Waals surface area contributed by atoms with Gasteiger partial charge in [-0.15, -0.1) is 0 Å². The Kier molecular flexibility index (Phi) is 17.8. The summed E-state index contributed by atoms with van der Waals surface area (Å²) in [5, 5.41) is 8.00. The van der Waals surface area contributed by atoms with E-state index in [1.807, 2.05) is 153 Å². The summed E-state index contributed by atoms with van der Waals surface area (Å²) in [6, 6.07) is 58.7. The van der Waals surface area contributed by atoms with Gasteiger partial charge in [-0.25, -0.2) is 9.59 Å². The minimum Gasteiger partial charge on any atom is -0.374 e. The van der Waals surface area contributed by atoms with Gasteiger partial charge in [-0.3, -0.25) is 19.2 Å². The van der Waals surface area contributed by atoms with Crippen LogP contribution in [0.2, 0.25) is 0 Å². The first-order chi connectivity index (χ1) is 38.3. The number of hydrogen-bond acceptors (Lipinski definition) is 14. The SMILES string of the molecule is CC(=O)O/N=C(\C(=O)c1ccc(Sc2ccc(C(=O)c3ccc(N4CCOC(Cc5ccccc5/C(=N/OC(C)=O)C(=O)c5ccc(Sc6ccc(C(=O)c7ccccc7C)cc6)cc5)C4)cc3)cc2)cc1)c1ccccc1C. The van der Waals surface area contributed by atoms with E-state index in [2.05, 4.69) is 15.2 Å². The number of carbonyl (C=O) groups is 6. The van der Waals surface area contributed by atoms with Crippen LogP contribution in [0.15, 0.2) is 224 Å². The van der Waals surface area contributed by atoms with E-state index in [9.17, 15) is 28.8 Å². The van der Waals surface area contributed by atoms with Gasteiger partial charge in [-0.1, -0.05) is 107 Å². The topological polar surface area (TPSA) is 158 Å². The van der Waals surface area contributed by atoms with Crippen molar-refractivity contribution in [3.05, 3.63) is 255 Å². The zero-order valence-electron chi connectivity index (χ0n) is 43.7. The number of morpholine rings is 1. The molecule has 1 saturated heterocycles. The van der Waals surface area contributed by atoms with E-state index >= 15 is 0 Å². The molecule has 394 valence electrons. The molecule has 1 aliphatic rings. The molecule has 0 spiro atoms. The minimum absolute atomic E-state index is 0.0131. The molecule has 0 amide bonds. The molecule has 9 rings (SSSR count). The zero-order chi connectivity index (χ0) is 55.4. The van der Waals surface area contributed by atoms with Gasteiger partial charge in [0.25, 0.3) is 0 Å². The lowest BCUT2D eigenvalue weighted by Gasteiger charge is -2.35. The molecule has 0 radical (unpaired) electrons. The van der Waals surface area contributed by atoms with E-state index in [4.69, 9.17) is 14.4 Å². The fourth-order valence-electron chi connectivity index (χ4n) is 8.95. The Labute approximate surface area is 466 Å². The fourth-order valence-corrected chi connectivity index (χ4v) is 10.6. The molecule has 0 saturated carbocycles. The molecule has 0 bridgehead atoms. The van der Waals surface area contributed by atoms with E-state index in [0.29, 0.717) is 70.6 Å². The predicted molar refractivity (Wildman–Crippen MR) is 307 cm³/mol. The number of hydrogen-bond donors (Lipinski definition) is 0. The highest BCUT2D eigenvalue weighted by Gasteiger charge is 2.27. The van der Waals surface area contributed by atoms with Crippen molar-refractivity contribution in [1.29, 1.82) is 0 Å². The maximum atomic E-state index is 14.3. The average Bonchev–Trinajstić information content (AvgIpc) is 3.46. The second kappa shape index (κ2) is 25.6. The van der Waals surface area contributed by atoms with Crippen molar-refractivity contribution in [2.75, 3.05) is 24.6 Å². The smallest absolute Gasteiger partial charge is 0.332 e. The third-order valence-corrected chi connectivity index (χ3v) is 15.1. The van der Waals surface area contributed by atoms with Gasteiger partial charge < -0.3 is 19.3 Å². The molecular formula is C65H53N3O9S2. The third kappa shape index (κ3) is 13.8. The van der Waals surface area contributed by atoms with Crippen LogP contribution in [0.5, 0.6) is 0 Å². The first-order valence-electron chi connectivity index (χ1n) is 25.4. The largest absolute Gasteiger partial charge is 0.374 e. The van der Waals surface area contributed by atoms with Crippen molar-refractivity contribution in [3.8, 4) is 0 Å². The number of Topliss-reactive ketones (excluding diaryl/α,β-unsaturated/α-hetero) is 2. The van der Waals surface area contributed by atoms with Crippen LogP contribution in [0.25, 0.3) is 0 Å². The first-order valence-corrected chi connectivity index (χ1v) is 27.0. The summed E-state index contributed by atoms with van der Waals surface area (Å²) >= 11 is 2.99. The summed E-state index contributed by atoms with van der Waals surface area (Å²) in [6.07, 6.45) is 0.165. The van der Waals surface area contributed by atoms with Gasteiger partial charge in [0.1, 0.15) is 0 Å². The van der Waals surface area contributed by atoms with Crippen molar-refractivity contribution in [3.63, 3.8) is 0 Å². The molecule has 1 aliphatic heterocycles. The zero-order valence-corrected chi connectivity index (χ0v) is 45.3. The second-order valence-corrected chi connectivity index (χ2v) is 20.9. The second-order valence-electron chi connectivity index (χ2n) is 18.6. The molecule has 14 heteroatoms. The van der Waals surface area contributed by atoms with Crippen molar-refractivity contribution >= 4 is 75.7 Å². The molecule has 8 aromatic rings. The monoisotopic (exact) mass is 1080 g/mol. The molecule has 79 heavy (non-hydrogen) atoms. The Hall–Kier alpha value is -8.82. The maximum absolute atomic E-state index is 14.3. The molecule has 1 fully saturated rings. The molecule has 1 atom stereocenters. The van der Waals surface area contributed by atoms with Crippen LogP contribution in [0.1, 0.15) is 94.2 Å². The summed E-state index contributed by atoms with van der Waals surface area (Å²) in [7, 11) is 0. The molecule has 12 nitrogen and oxygen atoms in total. The van der Waals surface area contributed by atoms with Crippen LogP contribution < -0.4 is 4.90 Å². The standard InChI is InChI=1S/C65H53N3O9S2/c1-41-11-5-8-14-57(41)60(66-76-43(3)69)64(73)48-23-33-55(34-24-48)78-53-29-19-46(20-30-53)62(71)45-17-27-51(28-18-45)68-37-38-75-52(40-68)39-50-13-7-10-16-59(50)61(67-77-44(4)70)65(74)49-25-35-56(36-26-49)79-54-31-21-47(22-32-54)63(72)58-15-9-6-12-42(58)2/h5-36,52H,37-40H2,1-4H3/b66-60-,67-61-. The van der Waals surface area contributed by atoms with Crippen LogP contribution in [-0.2, 0) is 30.4 Å². The summed E-state index contributed by atoms with van der Waals surface area (Å²) in [6.45, 7) is 7.85. The molecule has 8 aromatic carbocycles. The van der Waals surface area contributed by atoms with Crippen molar-refractivity contribution in [2.45, 2.75) is 59.8 Å². The molecule has 1 unspecified atom stereocenters. The number of ketones is 4. The average molecular weight is 1080 g/mol. The highest BCUT2D eigenvalue weighted by Crippen LogP contribution is 2.32. The normalized spacial score (nSPS) is 13.6. The molecule has 0 N–H and O–H groups in total. The maximum Gasteiger partial charge on any atom is 0.332 e. The highest BCUT2D eigenvalue weighted by molar-refractivity contribution is 7.99. The number of ether oxygens (including phenoxy) is 1. The molecular weight excluding hydrogens is 1030 g/mol. The Morgan fingerprint density at radius 2 is 0.873 bits per heavy atom. The number of oxime groups is 2. The number of carbonyl (C=O) groups excluding carboxylic acids is 6. The molecule has 0 aromatic heterocycles. The first kappa shape index (κ1) is 55.0. The van der Waals surface area contributed by atoms with Gasteiger partial charge in [0.15, 0.2) is 23.0 Å². The van der Waals surface area contributed by atoms with Crippen molar-refractivity contribution in [1.82, 2.24) is 0 Å². The number of anilines is 1. The number of aryl methyl sites for hydroxylation is 2. The summed E-state index contributed by atoms with van der Waals surface area (Å²) in [4.78, 5) is 94.1. The van der Waals surface area contributed by atoms with Gasteiger partial charge in [0.05, 0.1) is 12.7 Å². The van der Waals surface area contributed by atoms with Gasteiger partial charge in [-0.2, -0.15) is 0 Å². The lowest BCUT2D eigenvalue weighted by molar-refractivity contribution is -0.141. The number of nitrogens with zero attached hydrogens (tertiary/aromatic N) is 3. The predicted octanol–water partition coefficient (Wildman–Crippen LogP) is 12.8. The number of benzene rings is 8. The lowest BCUT2D eigenvalue weighted by atomic mass is 9.93. The summed E-state index contributed by atoms with van der Waals surface area (Å²) in [5.74, 6) is -2.24. The highest BCUT2D eigenvalue weighted by atomic mass is 32.2. The minimum atomic E-state index is -0.662. The van der Waals surface area contributed by atoms with E-state index in [0.717, 1.165) is 42.0 Å². The fraction of sp³-hybridized carbons (Fsp3) is 0.138. The van der Waals surface area contributed by atoms with Gasteiger partial charge >= 0.3 is 11.9 Å². The quantitative estimate of drug-likeness (QED) is 0.0327. The van der Waals surface area contributed by atoms with Gasteiger partial charge in [0.2, 0.25) is 11.6 Å². The van der Waals surface area contributed by atoms with Crippen LogP contribution in [-0.4, -0.2) is 72.3 Å². The number of rotatable bonds is 19. The van der Waals surface area contributed by atoms with Crippen LogP contribution in [0.3, 0.4) is 0 Å². The van der Waals surface area contributed by atoms with E-state index in [1.165, 1.54) is 37.4 Å². The van der Waals surface area contributed by atoms with E-state index < -0.39 is 17.7 Å². The van der Waals surface area contributed by atoms with E-state index in [1.54, 1.807) is 54.6 Å². The van der Waals surface area contributed by atoms with Crippen LogP contribution >= 0.6 is 23.5 Å². The third-order valence-electron chi connectivity index (χ3n) is 13.0. The van der Waals surface area contributed by atoms with Crippen molar-refractivity contribution in [2.24, 2.45) is 10.3 Å². The Balaban J connectivity index is 0.810.